The van der Waals surface area contributed by atoms with Gasteiger partial charge in [-0.2, -0.15) is 0 Å². The van der Waals surface area contributed by atoms with Crippen LogP contribution in [0.25, 0.3) is 0 Å². The summed E-state index contributed by atoms with van der Waals surface area (Å²) in [5, 5.41) is 9.07. The molecule has 0 bridgehead atoms. The van der Waals surface area contributed by atoms with Gasteiger partial charge < -0.3 is 9.84 Å². The van der Waals surface area contributed by atoms with Gasteiger partial charge in [0.2, 0.25) is 0 Å². The topological polar surface area (TPSA) is 119 Å². The molecule has 0 heterocycles. The lowest BCUT2D eigenvalue weighted by Gasteiger charge is -2.14. The van der Waals surface area contributed by atoms with Gasteiger partial charge in [-0.15, -0.1) is 0 Å². The van der Waals surface area contributed by atoms with Crippen molar-refractivity contribution in [2.45, 2.75) is 12.5 Å². The minimum Gasteiger partial charge on any atom is -0.478 e. The van der Waals surface area contributed by atoms with Gasteiger partial charge in [0.05, 0.1) is 11.1 Å². The summed E-state index contributed by atoms with van der Waals surface area (Å²) >= 11 is 0. The molecule has 0 aliphatic heterocycles. The van der Waals surface area contributed by atoms with E-state index < -0.39 is 23.9 Å². The maximum Gasteiger partial charge on any atom is 0.346 e. The van der Waals surface area contributed by atoms with Gasteiger partial charge in [-0.3, -0.25) is 5.84 Å². The lowest BCUT2D eigenvalue weighted by Crippen LogP contribution is -2.44. The van der Waals surface area contributed by atoms with Crippen molar-refractivity contribution in [2.24, 2.45) is 5.84 Å². The van der Waals surface area contributed by atoms with Crippen LogP contribution in [-0.2, 0) is 16.0 Å². The Morgan fingerprint density at radius 2 is 1.58 bits per heavy atom. The summed E-state index contributed by atoms with van der Waals surface area (Å²) in [6.07, 6.45) is 0.226. The average molecular weight is 328 g/mol. The smallest absolute Gasteiger partial charge is 0.346 e. The predicted octanol–water partition coefficient (Wildman–Crippen LogP) is 1.14. The average Bonchev–Trinajstić information content (AvgIpc) is 2.60. The number of carbonyl (C=O) groups is 3. The van der Waals surface area contributed by atoms with E-state index in [1.807, 2.05) is 18.2 Å². The Hall–Kier alpha value is -3.03. The van der Waals surface area contributed by atoms with Crippen LogP contribution in [0.2, 0.25) is 0 Å². The third kappa shape index (κ3) is 4.25. The van der Waals surface area contributed by atoms with Crippen LogP contribution < -0.4 is 11.3 Å². The van der Waals surface area contributed by atoms with E-state index in [4.69, 9.17) is 15.7 Å². The van der Waals surface area contributed by atoms with E-state index in [1.54, 1.807) is 12.1 Å². The van der Waals surface area contributed by atoms with Gasteiger partial charge in [-0.25, -0.2) is 19.8 Å². The standard InChI is InChI=1S/C17H16N2O5/c18-19-14(10-11-6-2-1-3-7-11)17(23)24-16(22)13-9-5-4-8-12(13)15(20)21/h1-9,14,19H,10,18H2,(H,20,21)/t14-/m0/s1. The molecular formula is C17H16N2O5. The zero-order chi connectivity index (χ0) is 17.5. The van der Waals surface area contributed by atoms with Gasteiger partial charge in [0, 0.05) is 0 Å². The highest BCUT2D eigenvalue weighted by Crippen LogP contribution is 2.12. The quantitative estimate of drug-likeness (QED) is 0.315. The number of carboxylic acid groups (broad SMARTS) is 1. The molecule has 0 spiro atoms. The van der Waals surface area contributed by atoms with Crippen LogP contribution in [0.15, 0.2) is 54.6 Å². The Bertz CT molecular complexity index is 746. The number of rotatable bonds is 6. The normalized spacial score (nSPS) is 11.5. The Morgan fingerprint density at radius 1 is 1.00 bits per heavy atom. The highest BCUT2D eigenvalue weighted by Gasteiger charge is 2.25. The van der Waals surface area contributed by atoms with E-state index in [-0.39, 0.29) is 17.5 Å². The fourth-order valence-electron chi connectivity index (χ4n) is 2.13. The van der Waals surface area contributed by atoms with Gasteiger partial charge in [-0.05, 0) is 24.1 Å². The molecule has 7 nitrogen and oxygen atoms in total. The van der Waals surface area contributed by atoms with Crippen LogP contribution in [0, 0.1) is 0 Å². The molecule has 0 aliphatic carbocycles. The summed E-state index contributed by atoms with van der Waals surface area (Å²) in [5.74, 6) is 2.15. The fourth-order valence-corrected chi connectivity index (χ4v) is 2.13. The van der Waals surface area contributed by atoms with Crippen molar-refractivity contribution >= 4 is 17.9 Å². The first-order valence-electron chi connectivity index (χ1n) is 7.11. The summed E-state index contributed by atoms with van der Waals surface area (Å²) in [6, 6.07) is 13.6. The third-order valence-electron chi connectivity index (χ3n) is 3.34. The number of nitrogens with one attached hydrogen (secondary N) is 1. The minimum atomic E-state index is -1.28. The SMILES string of the molecule is NN[C@@H](Cc1ccccc1)C(=O)OC(=O)c1ccccc1C(=O)O. The molecule has 0 saturated carbocycles. The van der Waals surface area contributed by atoms with Crippen LogP contribution in [0.4, 0.5) is 0 Å². The maximum absolute atomic E-state index is 12.1. The second-order valence-electron chi connectivity index (χ2n) is 4.97. The van der Waals surface area contributed by atoms with E-state index >= 15 is 0 Å². The highest BCUT2D eigenvalue weighted by atomic mass is 16.6. The van der Waals surface area contributed by atoms with Crippen molar-refractivity contribution in [2.75, 3.05) is 0 Å². The zero-order valence-electron chi connectivity index (χ0n) is 12.6. The summed E-state index contributed by atoms with van der Waals surface area (Å²) in [5.41, 5.74) is 2.69. The Kier molecular flexibility index (Phi) is 5.78. The van der Waals surface area contributed by atoms with Gasteiger partial charge in [0.15, 0.2) is 0 Å². The van der Waals surface area contributed by atoms with Crippen molar-refractivity contribution < 1.29 is 24.2 Å². The Balaban J connectivity index is 2.10. The largest absolute Gasteiger partial charge is 0.478 e. The molecule has 0 amide bonds. The minimum absolute atomic E-state index is 0.200. The number of hydrazine groups is 1. The maximum atomic E-state index is 12.1. The van der Waals surface area contributed by atoms with E-state index in [0.29, 0.717) is 0 Å². The van der Waals surface area contributed by atoms with Crippen molar-refractivity contribution in [3.63, 3.8) is 0 Å². The molecule has 0 aliphatic rings. The molecule has 0 radical (unpaired) electrons. The summed E-state index contributed by atoms with van der Waals surface area (Å²) in [4.78, 5) is 35.3. The Labute approximate surface area is 138 Å². The number of nitrogens with two attached hydrogens (primary N) is 1. The van der Waals surface area contributed by atoms with Gasteiger partial charge in [-0.1, -0.05) is 42.5 Å². The van der Waals surface area contributed by atoms with E-state index in [0.717, 1.165) is 5.56 Å². The molecule has 124 valence electrons. The van der Waals surface area contributed by atoms with Crippen LogP contribution in [0.1, 0.15) is 26.3 Å². The summed E-state index contributed by atoms with van der Waals surface area (Å²) in [6.45, 7) is 0. The molecule has 0 saturated heterocycles. The number of hydrogen-bond acceptors (Lipinski definition) is 6. The van der Waals surface area contributed by atoms with Crippen LogP contribution >= 0.6 is 0 Å². The molecule has 7 heteroatoms. The second-order valence-corrected chi connectivity index (χ2v) is 4.97. The van der Waals surface area contributed by atoms with Gasteiger partial charge in [0.1, 0.15) is 6.04 Å². The molecule has 0 fully saturated rings. The number of carbonyl (C=O) groups excluding carboxylic acids is 2. The number of carboxylic acids is 1. The van der Waals surface area contributed by atoms with Crippen LogP contribution in [0.5, 0.6) is 0 Å². The van der Waals surface area contributed by atoms with Crippen molar-refractivity contribution in [1.82, 2.24) is 5.43 Å². The second kappa shape index (κ2) is 8.00. The first-order chi connectivity index (χ1) is 11.5. The monoisotopic (exact) mass is 328 g/mol. The number of aromatic carboxylic acids is 1. The molecule has 24 heavy (non-hydrogen) atoms. The first kappa shape index (κ1) is 17.3. The van der Waals surface area contributed by atoms with Gasteiger partial charge in [0.25, 0.3) is 0 Å². The van der Waals surface area contributed by atoms with E-state index in [2.05, 4.69) is 5.43 Å². The number of esters is 2. The Morgan fingerprint density at radius 3 is 2.17 bits per heavy atom. The lowest BCUT2D eigenvalue weighted by atomic mass is 10.1. The van der Waals surface area contributed by atoms with E-state index in [1.165, 1.54) is 24.3 Å². The predicted molar refractivity (Wildman–Crippen MR) is 85.1 cm³/mol. The van der Waals surface area contributed by atoms with Crippen LogP contribution in [-0.4, -0.2) is 29.1 Å². The van der Waals surface area contributed by atoms with Crippen molar-refractivity contribution in [3.8, 4) is 0 Å². The molecule has 0 aromatic heterocycles. The fraction of sp³-hybridized carbons (Fsp3) is 0.118. The molecule has 4 N–H and O–H groups in total. The number of ether oxygens (including phenoxy) is 1. The van der Waals surface area contributed by atoms with Gasteiger partial charge >= 0.3 is 17.9 Å². The van der Waals surface area contributed by atoms with Crippen LogP contribution in [0.3, 0.4) is 0 Å². The molecule has 2 aromatic rings. The van der Waals surface area contributed by atoms with E-state index in [9.17, 15) is 14.4 Å². The molecule has 2 aromatic carbocycles. The first-order valence-corrected chi connectivity index (χ1v) is 7.11. The molecule has 2 rings (SSSR count). The molecule has 1 atom stereocenters. The molecule has 0 unspecified atom stereocenters. The van der Waals surface area contributed by atoms with Crippen molar-refractivity contribution in [3.05, 3.63) is 71.3 Å². The third-order valence-corrected chi connectivity index (χ3v) is 3.34. The summed E-state index contributed by atoms with van der Waals surface area (Å²) < 4.78 is 4.77. The number of hydrogen-bond donors (Lipinski definition) is 3. The highest BCUT2D eigenvalue weighted by molar-refractivity contribution is 6.05. The number of benzene rings is 2. The lowest BCUT2D eigenvalue weighted by molar-refractivity contribution is -0.140. The molecular weight excluding hydrogens is 312 g/mol. The zero-order valence-corrected chi connectivity index (χ0v) is 12.6. The van der Waals surface area contributed by atoms with Crippen molar-refractivity contribution in [1.29, 1.82) is 0 Å². The summed E-state index contributed by atoms with van der Waals surface area (Å²) in [7, 11) is 0.